The second-order valence-corrected chi connectivity index (χ2v) is 6.69. The molecule has 1 aromatic rings. The lowest BCUT2D eigenvalue weighted by Crippen LogP contribution is -2.41. The van der Waals surface area contributed by atoms with E-state index in [0.717, 1.165) is 24.8 Å². The molecular formula is C18H25N3O2. The van der Waals surface area contributed by atoms with Crippen LogP contribution in [0.4, 0.5) is 0 Å². The standard InChI is InChI=1S/C18H25N3O2/c1-20-12-10-14(13-17(20)22)18(23)21-11-6-5-9-16(21)19-15-7-3-2-4-8-15/h5-6,9,11,14-15H,2-4,7-8,10,12-13H2,1H3/t14-/m1/s1. The predicted octanol–water partition coefficient (Wildman–Crippen LogP) is 2.23. The van der Waals surface area contributed by atoms with Gasteiger partial charge in [0.25, 0.3) is 0 Å². The van der Waals surface area contributed by atoms with E-state index in [-0.39, 0.29) is 17.7 Å². The first-order chi connectivity index (χ1) is 11.1. The molecule has 0 unspecified atom stereocenters. The van der Waals surface area contributed by atoms with Gasteiger partial charge in [0.1, 0.15) is 5.49 Å². The molecule has 0 aromatic carbocycles. The normalized spacial score (nSPS) is 24.0. The van der Waals surface area contributed by atoms with E-state index in [0.29, 0.717) is 19.0 Å². The highest BCUT2D eigenvalue weighted by Gasteiger charge is 2.29. The maximum Gasteiger partial charge on any atom is 0.235 e. The van der Waals surface area contributed by atoms with Crippen LogP contribution in [0.1, 0.15) is 49.7 Å². The van der Waals surface area contributed by atoms with Crippen LogP contribution in [0.3, 0.4) is 0 Å². The average molecular weight is 315 g/mol. The first-order valence-corrected chi connectivity index (χ1v) is 8.65. The summed E-state index contributed by atoms with van der Waals surface area (Å²) in [7, 11) is 1.79. The summed E-state index contributed by atoms with van der Waals surface area (Å²) < 4.78 is 1.65. The minimum atomic E-state index is -0.230. The summed E-state index contributed by atoms with van der Waals surface area (Å²) in [6.07, 6.45) is 8.76. The summed E-state index contributed by atoms with van der Waals surface area (Å²) in [5.41, 5.74) is 0.732. The molecular weight excluding hydrogens is 290 g/mol. The Labute approximate surface area is 137 Å². The van der Waals surface area contributed by atoms with Crippen LogP contribution in [0.15, 0.2) is 29.4 Å². The van der Waals surface area contributed by atoms with Crippen molar-refractivity contribution in [1.29, 1.82) is 0 Å². The number of pyridine rings is 1. The fraction of sp³-hybridized carbons (Fsp3) is 0.611. The van der Waals surface area contributed by atoms with Gasteiger partial charge < -0.3 is 4.90 Å². The van der Waals surface area contributed by atoms with Gasteiger partial charge in [-0.25, -0.2) is 0 Å². The van der Waals surface area contributed by atoms with Crippen LogP contribution < -0.4 is 5.49 Å². The molecule has 124 valence electrons. The quantitative estimate of drug-likeness (QED) is 0.840. The van der Waals surface area contributed by atoms with Gasteiger partial charge in [-0.15, -0.1) is 0 Å². The van der Waals surface area contributed by atoms with Crippen molar-refractivity contribution in [3.8, 4) is 0 Å². The monoisotopic (exact) mass is 315 g/mol. The van der Waals surface area contributed by atoms with Crippen molar-refractivity contribution in [3.63, 3.8) is 0 Å². The first-order valence-electron chi connectivity index (χ1n) is 8.65. The van der Waals surface area contributed by atoms with Gasteiger partial charge in [-0.05, 0) is 31.4 Å². The largest absolute Gasteiger partial charge is 0.346 e. The van der Waals surface area contributed by atoms with Crippen molar-refractivity contribution < 1.29 is 9.59 Å². The second kappa shape index (κ2) is 7.11. The Morgan fingerprint density at radius 3 is 2.70 bits per heavy atom. The fourth-order valence-corrected chi connectivity index (χ4v) is 3.47. The zero-order valence-electron chi connectivity index (χ0n) is 13.8. The van der Waals surface area contributed by atoms with Crippen molar-refractivity contribution in [3.05, 3.63) is 29.9 Å². The average Bonchev–Trinajstić information content (AvgIpc) is 2.58. The van der Waals surface area contributed by atoms with Crippen LogP contribution in [0.5, 0.6) is 0 Å². The third-order valence-corrected chi connectivity index (χ3v) is 4.97. The lowest BCUT2D eigenvalue weighted by molar-refractivity contribution is -0.133. The van der Waals surface area contributed by atoms with E-state index in [1.807, 2.05) is 18.2 Å². The smallest absolute Gasteiger partial charge is 0.235 e. The number of piperidine rings is 1. The molecule has 0 N–H and O–H groups in total. The fourth-order valence-electron chi connectivity index (χ4n) is 3.47. The van der Waals surface area contributed by atoms with Gasteiger partial charge in [0.05, 0.1) is 6.04 Å². The molecule has 1 saturated heterocycles. The number of rotatable bonds is 2. The molecule has 3 rings (SSSR count). The highest BCUT2D eigenvalue weighted by Crippen LogP contribution is 2.20. The summed E-state index contributed by atoms with van der Waals surface area (Å²) in [6.45, 7) is 0.651. The maximum atomic E-state index is 12.8. The number of carbonyl (C=O) groups excluding carboxylic acids is 2. The van der Waals surface area contributed by atoms with Gasteiger partial charge in [0.2, 0.25) is 11.8 Å². The Morgan fingerprint density at radius 1 is 1.17 bits per heavy atom. The summed E-state index contributed by atoms with van der Waals surface area (Å²) in [6, 6.07) is 6.01. The van der Waals surface area contributed by atoms with E-state index in [2.05, 4.69) is 0 Å². The van der Waals surface area contributed by atoms with Crippen molar-refractivity contribution in [2.45, 2.75) is 51.0 Å². The second-order valence-electron chi connectivity index (χ2n) is 6.69. The molecule has 1 amide bonds. The van der Waals surface area contributed by atoms with E-state index in [4.69, 9.17) is 4.99 Å². The Kier molecular flexibility index (Phi) is 4.94. The zero-order valence-corrected chi connectivity index (χ0v) is 13.8. The Balaban J connectivity index is 1.83. The molecule has 1 aromatic heterocycles. The van der Waals surface area contributed by atoms with E-state index in [9.17, 15) is 9.59 Å². The lowest BCUT2D eigenvalue weighted by atomic mass is 9.95. The molecule has 1 aliphatic carbocycles. The number of aromatic nitrogens is 1. The molecule has 5 heteroatoms. The van der Waals surface area contributed by atoms with Gasteiger partial charge in [0, 0.05) is 32.1 Å². The molecule has 0 radical (unpaired) electrons. The highest BCUT2D eigenvalue weighted by molar-refractivity contribution is 5.88. The molecule has 1 saturated carbocycles. The van der Waals surface area contributed by atoms with Crippen LogP contribution in [0.2, 0.25) is 0 Å². The van der Waals surface area contributed by atoms with Crippen molar-refractivity contribution in [1.82, 2.24) is 9.47 Å². The number of carbonyl (C=O) groups is 2. The van der Waals surface area contributed by atoms with Crippen LogP contribution in [0.25, 0.3) is 0 Å². The molecule has 23 heavy (non-hydrogen) atoms. The summed E-state index contributed by atoms with van der Waals surface area (Å²) in [4.78, 5) is 31.2. The third-order valence-electron chi connectivity index (χ3n) is 4.97. The van der Waals surface area contributed by atoms with E-state index < -0.39 is 0 Å². The molecule has 0 spiro atoms. The van der Waals surface area contributed by atoms with Crippen molar-refractivity contribution in [2.24, 2.45) is 10.9 Å². The lowest BCUT2D eigenvalue weighted by Gasteiger charge is -2.28. The number of hydrogen-bond acceptors (Lipinski definition) is 3. The van der Waals surface area contributed by atoms with Crippen molar-refractivity contribution >= 4 is 11.8 Å². The number of nitrogens with zero attached hydrogens (tertiary/aromatic N) is 3. The first kappa shape index (κ1) is 16.0. The van der Waals surface area contributed by atoms with Gasteiger partial charge in [0.15, 0.2) is 0 Å². The summed E-state index contributed by atoms with van der Waals surface area (Å²) in [5, 5.41) is 0. The van der Waals surface area contributed by atoms with Gasteiger partial charge in [-0.2, -0.15) is 0 Å². The maximum absolute atomic E-state index is 12.8. The summed E-state index contributed by atoms with van der Waals surface area (Å²) in [5.74, 6) is -0.176. The van der Waals surface area contributed by atoms with E-state index >= 15 is 0 Å². The number of likely N-dealkylation sites (tertiary alicyclic amines) is 1. The van der Waals surface area contributed by atoms with Gasteiger partial charge >= 0.3 is 0 Å². The number of hydrogen-bond donors (Lipinski definition) is 0. The SMILES string of the molecule is CN1CC[C@@H](C(=O)n2ccccc2=NC2CCCCC2)CC1=O. The highest BCUT2D eigenvalue weighted by atomic mass is 16.2. The van der Waals surface area contributed by atoms with Crippen molar-refractivity contribution in [2.75, 3.05) is 13.6 Å². The molecule has 1 aliphatic heterocycles. The van der Waals surface area contributed by atoms with E-state index in [1.165, 1.54) is 19.3 Å². The molecule has 1 atom stereocenters. The topological polar surface area (TPSA) is 54.7 Å². The minimum absolute atomic E-state index is 0.00149. The molecule has 0 bridgehead atoms. The minimum Gasteiger partial charge on any atom is -0.346 e. The molecule has 2 heterocycles. The van der Waals surface area contributed by atoms with Gasteiger partial charge in [-0.1, -0.05) is 25.3 Å². The molecule has 2 aliphatic rings. The molecule has 5 nitrogen and oxygen atoms in total. The predicted molar refractivity (Wildman–Crippen MR) is 87.9 cm³/mol. The van der Waals surface area contributed by atoms with Crippen LogP contribution in [0, 0.1) is 5.92 Å². The summed E-state index contributed by atoms with van der Waals surface area (Å²) >= 11 is 0. The van der Waals surface area contributed by atoms with Crippen LogP contribution in [-0.2, 0) is 4.79 Å². The number of amides is 1. The Hall–Kier alpha value is -1.91. The van der Waals surface area contributed by atoms with Crippen LogP contribution in [-0.4, -0.2) is 40.9 Å². The third kappa shape index (κ3) is 3.71. The van der Waals surface area contributed by atoms with Gasteiger partial charge in [-0.3, -0.25) is 19.1 Å². The van der Waals surface area contributed by atoms with Crippen LogP contribution >= 0.6 is 0 Å². The Bertz CT molecular complexity index is 644. The zero-order chi connectivity index (χ0) is 16.2. The van der Waals surface area contributed by atoms with E-state index in [1.54, 1.807) is 22.7 Å². The Morgan fingerprint density at radius 2 is 1.96 bits per heavy atom. The molecule has 2 fully saturated rings.